The van der Waals surface area contributed by atoms with Crippen molar-refractivity contribution in [2.45, 2.75) is 19.9 Å². The number of hydrogen-bond donors (Lipinski definition) is 4. The van der Waals surface area contributed by atoms with Crippen molar-refractivity contribution < 1.29 is 28.2 Å². The molecule has 46 heavy (non-hydrogen) atoms. The van der Waals surface area contributed by atoms with Crippen LogP contribution < -0.4 is 20.7 Å². The van der Waals surface area contributed by atoms with Gasteiger partial charge in [-0.05, 0) is 94.6 Å². The van der Waals surface area contributed by atoms with Crippen LogP contribution in [0.15, 0.2) is 83.3 Å². The lowest BCUT2D eigenvalue weighted by molar-refractivity contribution is -0.143. The van der Waals surface area contributed by atoms with Crippen LogP contribution in [-0.2, 0) is 27.3 Å². The van der Waals surface area contributed by atoms with Crippen LogP contribution in [0.25, 0.3) is 22.4 Å². The van der Waals surface area contributed by atoms with E-state index in [-0.39, 0.29) is 31.4 Å². The Hall–Kier alpha value is -5.23. The second kappa shape index (κ2) is 14.7. The van der Waals surface area contributed by atoms with Gasteiger partial charge in [0.05, 0.1) is 41.3 Å². The molecule has 4 aromatic carbocycles. The molecule has 10 nitrogen and oxygen atoms in total. The predicted octanol–water partition coefficient (Wildman–Crippen LogP) is 6.23. The predicted molar refractivity (Wildman–Crippen MR) is 177 cm³/mol. The highest BCUT2D eigenvalue weighted by atomic mass is 79.9. The Kier molecular flexibility index (Phi) is 10.3. The van der Waals surface area contributed by atoms with E-state index in [9.17, 15) is 14.4 Å². The number of aromatic nitrogens is 2. The van der Waals surface area contributed by atoms with Gasteiger partial charge in [-0.1, -0.05) is 18.2 Å². The first-order valence-electron chi connectivity index (χ1n) is 14.4. The number of hydrogen-bond acceptors (Lipinski definition) is 7. The number of fused-ring (bicyclic) bond motifs is 1. The van der Waals surface area contributed by atoms with Crippen LogP contribution in [0.2, 0.25) is 0 Å². The molecule has 236 valence electrons. The van der Waals surface area contributed by atoms with Gasteiger partial charge in [-0.2, -0.15) is 0 Å². The summed E-state index contributed by atoms with van der Waals surface area (Å²) in [5, 5.41) is 8.52. The molecule has 5 rings (SSSR count). The van der Waals surface area contributed by atoms with Crippen molar-refractivity contribution in [3.05, 3.63) is 106 Å². The van der Waals surface area contributed by atoms with Crippen molar-refractivity contribution in [2.24, 2.45) is 0 Å². The maximum atomic E-state index is 15.1. The lowest BCUT2D eigenvalue weighted by atomic mass is 10.1. The van der Waals surface area contributed by atoms with Crippen molar-refractivity contribution in [1.82, 2.24) is 15.3 Å². The van der Waals surface area contributed by atoms with Crippen molar-refractivity contribution in [3.8, 4) is 17.1 Å². The van der Waals surface area contributed by atoms with Crippen LogP contribution in [-0.4, -0.2) is 48.0 Å². The average molecular weight is 689 g/mol. The molecule has 0 aliphatic carbocycles. The van der Waals surface area contributed by atoms with Crippen LogP contribution in [0.5, 0.6) is 5.75 Å². The van der Waals surface area contributed by atoms with Crippen molar-refractivity contribution in [1.29, 1.82) is 0 Å². The number of nitrogens with zero attached hydrogens (tertiary/aromatic N) is 1. The molecule has 0 atom stereocenters. The molecule has 0 radical (unpaired) electrons. The lowest BCUT2D eigenvalue weighted by Crippen LogP contribution is -2.31. The van der Waals surface area contributed by atoms with Crippen LogP contribution in [0.1, 0.15) is 28.4 Å². The summed E-state index contributed by atoms with van der Waals surface area (Å²) in [5.41, 5.74) is 5.02. The Morgan fingerprint density at radius 1 is 0.957 bits per heavy atom. The summed E-state index contributed by atoms with van der Waals surface area (Å²) in [6.07, 6.45) is 0.0813. The molecule has 2 amide bonds. The van der Waals surface area contributed by atoms with Crippen LogP contribution >= 0.6 is 15.9 Å². The number of aromatic amines is 1. The zero-order chi connectivity index (χ0) is 32.6. The van der Waals surface area contributed by atoms with Crippen molar-refractivity contribution in [3.63, 3.8) is 0 Å². The first kappa shape index (κ1) is 32.2. The molecule has 1 aromatic heterocycles. The quantitative estimate of drug-likeness (QED) is 0.114. The van der Waals surface area contributed by atoms with E-state index in [1.807, 2.05) is 12.1 Å². The zero-order valence-corrected chi connectivity index (χ0v) is 26.7. The molecule has 12 heteroatoms. The number of rotatable bonds is 12. The van der Waals surface area contributed by atoms with E-state index in [4.69, 9.17) is 9.47 Å². The number of carbonyl (C=O) groups is 3. The van der Waals surface area contributed by atoms with Gasteiger partial charge in [0.25, 0.3) is 5.91 Å². The maximum Gasteiger partial charge on any atom is 0.325 e. The number of ether oxygens (including phenoxy) is 2. The van der Waals surface area contributed by atoms with Gasteiger partial charge >= 0.3 is 5.97 Å². The molecule has 4 N–H and O–H groups in total. The number of benzene rings is 4. The Balaban J connectivity index is 1.17. The normalized spacial score (nSPS) is 10.8. The van der Waals surface area contributed by atoms with Gasteiger partial charge in [-0.3, -0.25) is 14.4 Å². The number of halogens is 2. The van der Waals surface area contributed by atoms with Gasteiger partial charge in [0.1, 0.15) is 23.9 Å². The summed E-state index contributed by atoms with van der Waals surface area (Å²) in [7, 11) is 1.56. The largest absolute Gasteiger partial charge is 0.496 e. The third kappa shape index (κ3) is 8.07. The second-order valence-electron chi connectivity index (χ2n) is 10.2. The maximum absolute atomic E-state index is 15.1. The topological polar surface area (TPSA) is 134 Å². The Bertz CT molecular complexity index is 1890. The van der Waals surface area contributed by atoms with E-state index >= 15 is 4.39 Å². The standard InChI is InChI=1S/C34H31BrFN5O5/c1-3-46-32(43)19-38-31(42)15-21-6-11-28-29(14-21)41-33(40-28)22-7-12-27(26(36)17-22)37-18-20-4-9-24(10-5-20)39-34(44)23-8-13-30(45-2)25(35)16-23/h4-14,16-17,37H,3,15,18-19H2,1-2H3,(H,38,42)(H,39,44)(H,40,41). The van der Waals surface area contributed by atoms with Crippen molar-refractivity contribution in [2.75, 3.05) is 30.9 Å². The summed E-state index contributed by atoms with van der Waals surface area (Å²) in [4.78, 5) is 44.1. The Morgan fingerprint density at radius 3 is 2.46 bits per heavy atom. The second-order valence-corrected chi connectivity index (χ2v) is 11.1. The number of imidazole rings is 1. The van der Waals surface area contributed by atoms with E-state index in [0.29, 0.717) is 56.1 Å². The molecule has 0 aliphatic rings. The van der Waals surface area contributed by atoms with E-state index in [1.165, 1.54) is 6.07 Å². The van der Waals surface area contributed by atoms with Gasteiger partial charge < -0.3 is 30.4 Å². The molecule has 0 saturated heterocycles. The van der Waals surface area contributed by atoms with E-state index in [2.05, 4.69) is 41.8 Å². The number of H-pyrrole nitrogens is 1. The third-order valence-corrected chi connectivity index (χ3v) is 7.62. The summed E-state index contributed by atoms with van der Waals surface area (Å²) < 4.78 is 25.8. The van der Waals surface area contributed by atoms with E-state index in [1.54, 1.807) is 74.7 Å². The van der Waals surface area contributed by atoms with Crippen LogP contribution in [0.3, 0.4) is 0 Å². The minimum Gasteiger partial charge on any atom is -0.496 e. The highest BCUT2D eigenvalue weighted by Gasteiger charge is 2.13. The number of nitrogens with one attached hydrogen (secondary N) is 4. The SMILES string of the molecule is CCOC(=O)CNC(=O)Cc1ccc2nc(-c3ccc(NCc4ccc(NC(=O)c5ccc(OC)c(Br)c5)cc4)c(F)c3)[nH]c2c1. The number of esters is 1. The summed E-state index contributed by atoms with van der Waals surface area (Å²) in [6.45, 7) is 2.14. The Morgan fingerprint density at radius 2 is 1.74 bits per heavy atom. The molecule has 0 saturated carbocycles. The highest BCUT2D eigenvalue weighted by molar-refractivity contribution is 9.10. The molecule has 0 bridgehead atoms. The van der Waals surface area contributed by atoms with Gasteiger partial charge in [0.2, 0.25) is 5.91 Å². The number of methoxy groups -OCH3 is 1. The summed E-state index contributed by atoms with van der Waals surface area (Å²) in [5.74, 6) is -0.363. The fourth-order valence-corrected chi connectivity index (χ4v) is 5.19. The summed E-state index contributed by atoms with van der Waals surface area (Å²) >= 11 is 3.39. The lowest BCUT2D eigenvalue weighted by Gasteiger charge is -2.10. The zero-order valence-electron chi connectivity index (χ0n) is 25.1. The van der Waals surface area contributed by atoms with Crippen molar-refractivity contribution >= 4 is 56.1 Å². The number of amides is 2. The first-order valence-corrected chi connectivity index (χ1v) is 15.2. The highest BCUT2D eigenvalue weighted by Crippen LogP contribution is 2.27. The first-order chi connectivity index (χ1) is 22.2. The smallest absolute Gasteiger partial charge is 0.325 e. The molecule has 0 fully saturated rings. The molecule has 0 unspecified atom stereocenters. The molecule has 1 heterocycles. The summed E-state index contributed by atoms with van der Waals surface area (Å²) in [6, 6.07) is 22.6. The van der Waals surface area contributed by atoms with E-state index < -0.39 is 11.8 Å². The fraction of sp³-hybridized carbons (Fsp3) is 0.176. The van der Waals surface area contributed by atoms with Gasteiger partial charge in [-0.15, -0.1) is 0 Å². The fourth-order valence-electron chi connectivity index (χ4n) is 4.65. The number of anilines is 2. The van der Waals surface area contributed by atoms with Gasteiger partial charge in [-0.25, -0.2) is 9.37 Å². The monoisotopic (exact) mass is 687 g/mol. The molecule has 0 aliphatic heterocycles. The number of carbonyl (C=O) groups excluding carboxylic acids is 3. The Labute approximate surface area is 272 Å². The molecular formula is C34H31BrFN5O5. The van der Waals surface area contributed by atoms with Crippen LogP contribution in [0, 0.1) is 5.82 Å². The minimum atomic E-state index is -0.491. The van der Waals surface area contributed by atoms with E-state index in [0.717, 1.165) is 11.1 Å². The van der Waals surface area contributed by atoms with Gasteiger partial charge in [0, 0.05) is 23.4 Å². The van der Waals surface area contributed by atoms with Gasteiger partial charge in [0.15, 0.2) is 0 Å². The molecule has 0 spiro atoms. The molecule has 5 aromatic rings. The average Bonchev–Trinajstić information content (AvgIpc) is 3.47. The molecular weight excluding hydrogens is 657 g/mol. The minimum absolute atomic E-state index is 0.0813. The van der Waals surface area contributed by atoms with Crippen LogP contribution in [0.4, 0.5) is 15.8 Å². The third-order valence-electron chi connectivity index (χ3n) is 7.00.